The van der Waals surface area contributed by atoms with Crippen LogP contribution in [0.4, 0.5) is 0 Å². The van der Waals surface area contributed by atoms with E-state index in [1.807, 2.05) is 0 Å². The van der Waals surface area contributed by atoms with Crippen molar-refractivity contribution in [3.8, 4) is 0 Å². The molecular weight excluding hydrogens is 344 g/mol. The topological polar surface area (TPSA) is 89.9 Å². The third kappa shape index (κ3) is 3.19. The molecule has 10 heteroatoms. The number of carbonyl (C=O) groups excluding carboxylic acids is 2. The highest BCUT2D eigenvalue weighted by Crippen LogP contribution is 2.59. The lowest BCUT2D eigenvalue weighted by atomic mass is 10.5. The first-order chi connectivity index (χ1) is 9.56. The molecule has 0 aromatic carbocycles. The fourth-order valence-electron chi connectivity index (χ4n) is 1.24. The summed E-state index contributed by atoms with van der Waals surface area (Å²) >= 11 is 4.70. The van der Waals surface area contributed by atoms with Gasteiger partial charge >= 0.3 is 5.97 Å². The molecule has 2 rings (SSSR count). The maximum Gasteiger partial charge on any atom is 0.343 e. The van der Waals surface area contributed by atoms with Crippen molar-refractivity contribution in [2.45, 2.75) is 6.92 Å². The molecule has 0 saturated heterocycles. The van der Waals surface area contributed by atoms with Gasteiger partial charge < -0.3 is 14.6 Å². The Balaban J connectivity index is 2.18. The molecule has 0 radical (unpaired) electrons. The molecule has 0 unspecified atom stereocenters. The average Bonchev–Trinajstić information content (AvgIpc) is 2.95. The van der Waals surface area contributed by atoms with E-state index in [9.17, 15) is 14.4 Å². The number of carboxylic acids is 1. The van der Waals surface area contributed by atoms with E-state index in [1.54, 1.807) is 6.92 Å². The molecule has 0 fully saturated rings. The molecule has 0 atom stereocenters. The number of rotatable bonds is 5. The van der Waals surface area contributed by atoms with E-state index in [4.69, 9.17) is 14.6 Å². The molecule has 0 aliphatic carbocycles. The quantitative estimate of drug-likeness (QED) is 0.746. The normalized spacial score (nSPS) is 18.6. The number of carbonyl (C=O) groups is 3. The maximum absolute atomic E-state index is 11.0. The van der Waals surface area contributed by atoms with E-state index < -0.39 is 5.97 Å². The number of carboxylic acid groups (broad SMARTS) is 1. The zero-order valence-electron chi connectivity index (χ0n) is 9.78. The van der Waals surface area contributed by atoms with E-state index in [0.29, 0.717) is 9.14 Å². The SMILES string of the molecule is CC1=C(C(=O)O)SC(=C2SC(OC=O)=C(OC=O)S2)S1. The van der Waals surface area contributed by atoms with Crippen LogP contribution in [0.5, 0.6) is 0 Å². The highest BCUT2D eigenvalue weighted by Gasteiger charge is 2.32. The number of hydrogen-bond acceptors (Lipinski definition) is 9. The molecule has 2 aliphatic rings. The Bertz CT molecular complexity index is 552. The average molecular weight is 350 g/mol. The van der Waals surface area contributed by atoms with E-state index in [-0.39, 0.29) is 28.0 Å². The van der Waals surface area contributed by atoms with Gasteiger partial charge in [0.25, 0.3) is 12.9 Å². The number of ether oxygens (including phenoxy) is 2. The fourth-order valence-corrected chi connectivity index (χ4v) is 6.13. The first-order valence-electron chi connectivity index (χ1n) is 4.91. The Hall–Kier alpha value is -0.970. The molecule has 20 heavy (non-hydrogen) atoms. The van der Waals surface area contributed by atoms with Crippen molar-refractivity contribution in [1.82, 2.24) is 0 Å². The van der Waals surface area contributed by atoms with Crippen molar-refractivity contribution in [2.75, 3.05) is 0 Å². The Morgan fingerprint density at radius 3 is 1.90 bits per heavy atom. The van der Waals surface area contributed by atoms with Crippen LogP contribution in [0.3, 0.4) is 0 Å². The molecular formula is C10H6O6S4. The van der Waals surface area contributed by atoms with Crippen LogP contribution in [0, 0.1) is 0 Å². The summed E-state index contributed by atoms with van der Waals surface area (Å²) in [6.07, 6.45) is 0. The third-order valence-electron chi connectivity index (χ3n) is 1.97. The largest absolute Gasteiger partial charge is 0.477 e. The Kier molecular flexibility index (Phi) is 5.13. The minimum absolute atomic E-state index is 0.169. The highest BCUT2D eigenvalue weighted by molar-refractivity contribution is 8.34. The predicted octanol–water partition coefficient (Wildman–Crippen LogP) is 2.86. The molecule has 106 valence electrons. The van der Waals surface area contributed by atoms with Crippen molar-refractivity contribution in [3.63, 3.8) is 0 Å². The zero-order valence-corrected chi connectivity index (χ0v) is 13.0. The fraction of sp³-hybridized carbons (Fsp3) is 0.100. The van der Waals surface area contributed by atoms with Gasteiger partial charge in [-0.05, 0) is 30.4 Å². The van der Waals surface area contributed by atoms with E-state index in [2.05, 4.69) is 0 Å². The molecule has 0 aromatic rings. The second-order valence-corrected chi connectivity index (χ2v) is 7.91. The lowest BCUT2D eigenvalue weighted by molar-refractivity contribution is -0.131. The van der Waals surface area contributed by atoms with E-state index >= 15 is 0 Å². The van der Waals surface area contributed by atoms with Crippen LogP contribution in [0.25, 0.3) is 0 Å². The Labute approximate surface area is 130 Å². The van der Waals surface area contributed by atoms with Gasteiger partial charge in [0.05, 0.1) is 8.47 Å². The summed E-state index contributed by atoms with van der Waals surface area (Å²) < 4.78 is 10.9. The molecule has 0 saturated carbocycles. The Morgan fingerprint density at radius 1 is 1.00 bits per heavy atom. The first-order valence-corrected chi connectivity index (χ1v) is 8.18. The summed E-state index contributed by atoms with van der Waals surface area (Å²) in [6.45, 7) is 2.20. The van der Waals surface area contributed by atoms with Crippen LogP contribution >= 0.6 is 47.0 Å². The van der Waals surface area contributed by atoms with Gasteiger partial charge in [0.2, 0.25) is 10.2 Å². The molecule has 0 aromatic heterocycles. The first kappa shape index (κ1) is 15.4. The zero-order chi connectivity index (χ0) is 14.7. The van der Waals surface area contributed by atoms with Gasteiger partial charge in [-0.1, -0.05) is 23.5 Å². The molecule has 0 spiro atoms. The molecule has 0 bridgehead atoms. The second kappa shape index (κ2) is 6.66. The Morgan fingerprint density at radius 2 is 1.50 bits per heavy atom. The van der Waals surface area contributed by atoms with Gasteiger partial charge in [-0.15, -0.1) is 0 Å². The summed E-state index contributed by atoms with van der Waals surface area (Å²) in [6, 6.07) is 0. The standard InChI is InChI=1S/C10H6O6S4/c1-4-5(6(13)14)18-9(17-4)10-19-7(15-2-11)8(20-10)16-3-12/h2-3H,1H3,(H,13,14). The highest BCUT2D eigenvalue weighted by atomic mass is 32.2. The number of aliphatic carboxylic acids is 1. The third-order valence-corrected chi connectivity index (χ3v) is 7.43. The van der Waals surface area contributed by atoms with Crippen molar-refractivity contribution < 1.29 is 29.0 Å². The maximum atomic E-state index is 11.0. The van der Waals surface area contributed by atoms with Crippen LogP contribution in [-0.2, 0) is 23.9 Å². The summed E-state index contributed by atoms with van der Waals surface area (Å²) in [5.74, 6) is -0.981. The lowest BCUT2D eigenvalue weighted by Gasteiger charge is -2.00. The van der Waals surface area contributed by atoms with E-state index in [0.717, 1.165) is 39.5 Å². The monoisotopic (exact) mass is 350 g/mol. The smallest absolute Gasteiger partial charge is 0.343 e. The number of thioether (sulfide) groups is 4. The van der Waals surface area contributed by atoms with Crippen LogP contribution in [0.2, 0.25) is 0 Å². The van der Waals surface area contributed by atoms with E-state index in [1.165, 1.54) is 11.8 Å². The molecule has 2 aliphatic heterocycles. The lowest BCUT2D eigenvalue weighted by Crippen LogP contribution is -1.94. The molecule has 0 amide bonds. The van der Waals surface area contributed by atoms with Crippen molar-refractivity contribution >= 4 is 66.0 Å². The van der Waals surface area contributed by atoms with Crippen molar-refractivity contribution in [3.05, 3.63) is 28.5 Å². The van der Waals surface area contributed by atoms with Crippen molar-refractivity contribution in [1.29, 1.82) is 0 Å². The molecule has 1 N–H and O–H groups in total. The van der Waals surface area contributed by atoms with Crippen LogP contribution in [0.1, 0.15) is 6.92 Å². The minimum Gasteiger partial charge on any atom is -0.477 e. The van der Waals surface area contributed by atoms with Gasteiger partial charge in [0, 0.05) is 4.91 Å². The van der Waals surface area contributed by atoms with Gasteiger partial charge in [-0.25, -0.2) is 4.79 Å². The second-order valence-electron chi connectivity index (χ2n) is 3.18. The van der Waals surface area contributed by atoms with Crippen LogP contribution in [0.15, 0.2) is 28.5 Å². The predicted molar refractivity (Wildman–Crippen MR) is 79.0 cm³/mol. The van der Waals surface area contributed by atoms with Crippen molar-refractivity contribution in [2.24, 2.45) is 0 Å². The summed E-state index contributed by atoms with van der Waals surface area (Å²) in [5.41, 5.74) is 0. The molecule has 6 nitrogen and oxygen atoms in total. The number of allylic oxidation sites excluding steroid dienone is 1. The van der Waals surface area contributed by atoms with Gasteiger partial charge in [-0.2, -0.15) is 0 Å². The number of hydrogen-bond donors (Lipinski definition) is 1. The minimum atomic E-state index is -0.981. The summed E-state index contributed by atoms with van der Waals surface area (Å²) in [4.78, 5) is 32.8. The van der Waals surface area contributed by atoms with Gasteiger partial charge in [0.1, 0.15) is 4.91 Å². The molecule has 2 heterocycles. The van der Waals surface area contributed by atoms with Gasteiger partial charge in [0.15, 0.2) is 0 Å². The summed E-state index contributed by atoms with van der Waals surface area (Å²) in [7, 11) is 0. The summed E-state index contributed by atoms with van der Waals surface area (Å²) in [5, 5.41) is 9.37. The van der Waals surface area contributed by atoms with Gasteiger partial charge in [-0.3, -0.25) is 9.59 Å². The van der Waals surface area contributed by atoms with Crippen LogP contribution < -0.4 is 0 Å². The van der Waals surface area contributed by atoms with Crippen LogP contribution in [-0.4, -0.2) is 24.0 Å².